The fourth-order valence-corrected chi connectivity index (χ4v) is 3.32. The summed E-state index contributed by atoms with van der Waals surface area (Å²) in [7, 11) is 3.15. The van der Waals surface area contributed by atoms with E-state index in [-0.39, 0.29) is 24.8 Å². The van der Waals surface area contributed by atoms with Crippen molar-refractivity contribution in [1.82, 2.24) is 10.2 Å². The SMILES string of the molecule is CCCC[C@@H](CC)CNC(=O)CN1C=Cc2cc(OC)c(OC)cc2CC1=O. The Labute approximate surface area is 167 Å². The average molecular weight is 389 g/mol. The summed E-state index contributed by atoms with van der Waals surface area (Å²) in [6.07, 6.45) is 8.22. The zero-order valence-corrected chi connectivity index (χ0v) is 17.4. The fraction of sp³-hybridized carbons (Fsp3) is 0.545. The van der Waals surface area contributed by atoms with Gasteiger partial charge in [-0.1, -0.05) is 33.1 Å². The molecular weight excluding hydrogens is 356 g/mol. The van der Waals surface area contributed by atoms with E-state index >= 15 is 0 Å². The molecule has 1 aliphatic rings. The van der Waals surface area contributed by atoms with Gasteiger partial charge in [-0.15, -0.1) is 0 Å². The molecule has 2 rings (SSSR count). The van der Waals surface area contributed by atoms with Crippen LogP contribution in [0.5, 0.6) is 11.5 Å². The van der Waals surface area contributed by atoms with Crippen molar-refractivity contribution in [2.24, 2.45) is 5.92 Å². The van der Waals surface area contributed by atoms with E-state index in [1.807, 2.05) is 18.2 Å². The number of nitrogens with one attached hydrogen (secondary N) is 1. The van der Waals surface area contributed by atoms with Crippen LogP contribution in [-0.2, 0) is 16.0 Å². The Hall–Kier alpha value is -2.50. The largest absolute Gasteiger partial charge is 0.493 e. The Bertz CT molecular complexity index is 715. The first-order chi connectivity index (χ1) is 13.5. The van der Waals surface area contributed by atoms with Gasteiger partial charge in [-0.25, -0.2) is 0 Å². The molecule has 0 unspecified atom stereocenters. The molecule has 1 aromatic carbocycles. The molecule has 0 spiro atoms. The molecule has 1 aromatic rings. The highest BCUT2D eigenvalue weighted by Gasteiger charge is 2.21. The third-order valence-electron chi connectivity index (χ3n) is 5.19. The molecule has 1 N–H and O–H groups in total. The van der Waals surface area contributed by atoms with Crippen LogP contribution in [0, 0.1) is 5.92 Å². The van der Waals surface area contributed by atoms with Crippen LogP contribution in [0.3, 0.4) is 0 Å². The molecule has 1 atom stereocenters. The molecule has 0 saturated heterocycles. The number of rotatable bonds is 10. The van der Waals surface area contributed by atoms with Crippen LogP contribution >= 0.6 is 0 Å². The van der Waals surface area contributed by atoms with Gasteiger partial charge in [-0.05, 0) is 41.7 Å². The Morgan fingerprint density at radius 3 is 2.57 bits per heavy atom. The molecule has 154 valence electrons. The van der Waals surface area contributed by atoms with E-state index in [4.69, 9.17) is 9.47 Å². The third-order valence-corrected chi connectivity index (χ3v) is 5.19. The molecule has 0 aromatic heterocycles. The smallest absolute Gasteiger partial charge is 0.240 e. The molecule has 6 nitrogen and oxygen atoms in total. The molecule has 0 saturated carbocycles. The number of methoxy groups -OCH3 is 2. The van der Waals surface area contributed by atoms with Crippen molar-refractivity contribution in [3.63, 3.8) is 0 Å². The summed E-state index contributed by atoms with van der Waals surface area (Å²) in [6, 6.07) is 3.67. The first kappa shape index (κ1) is 21.8. The number of fused-ring (bicyclic) bond motifs is 1. The van der Waals surface area contributed by atoms with Crippen LogP contribution in [0.1, 0.15) is 50.7 Å². The number of hydrogen-bond donors (Lipinski definition) is 1. The van der Waals surface area contributed by atoms with Crippen molar-refractivity contribution >= 4 is 17.9 Å². The number of ether oxygens (including phenoxy) is 2. The van der Waals surface area contributed by atoms with Crippen LogP contribution < -0.4 is 14.8 Å². The van der Waals surface area contributed by atoms with E-state index in [1.165, 1.54) is 11.3 Å². The van der Waals surface area contributed by atoms with Crippen molar-refractivity contribution in [1.29, 1.82) is 0 Å². The average Bonchev–Trinajstić information content (AvgIpc) is 2.85. The quantitative estimate of drug-likeness (QED) is 0.667. The third kappa shape index (κ3) is 5.75. The standard InChI is InChI=1S/C22H32N2O4/c1-5-7-8-16(6-2)14-23-21(25)15-24-10-9-17-11-19(27-3)20(28-4)12-18(17)13-22(24)26/h9-12,16H,5-8,13-15H2,1-4H3,(H,23,25)/t16-/m1/s1. The van der Waals surface area contributed by atoms with Crippen LogP contribution in [0.4, 0.5) is 0 Å². The molecular formula is C22H32N2O4. The number of amides is 2. The summed E-state index contributed by atoms with van der Waals surface area (Å²) in [5.74, 6) is 1.45. The zero-order valence-electron chi connectivity index (χ0n) is 17.4. The van der Waals surface area contributed by atoms with Crippen LogP contribution in [-0.4, -0.2) is 44.0 Å². The molecule has 1 aliphatic heterocycles. The van der Waals surface area contributed by atoms with Gasteiger partial charge in [0.05, 0.1) is 20.6 Å². The second-order valence-corrected chi connectivity index (χ2v) is 7.14. The summed E-state index contributed by atoms with van der Waals surface area (Å²) in [6.45, 7) is 5.01. The lowest BCUT2D eigenvalue weighted by Gasteiger charge is -2.19. The predicted molar refractivity (Wildman–Crippen MR) is 110 cm³/mol. The first-order valence-electron chi connectivity index (χ1n) is 10.0. The van der Waals surface area contributed by atoms with Crippen molar-refractivity contribution < 1.29 is 19.1 Å². The lowest BCUT2D eigenvalue weighted by atomic mass is 9.99. The lowest BCUT2D eigenvalue weighted by molar-refractivity contribution is -0.132. The second kappa shape index (κ2) is 10.7. The lowest BCUT2D eigenvalue weighted by Crippen LogP contribution is -2.39. The minimum Gasteiger partial charge on any atom is -0.493 e. The number of benzene rings is 1. The van der Waals surface area contributed by atoms with Gasteiger partial charge in [0.25, 0.3) is 0 Å². The summed E-state index contributed by atoms with van der Waals surface area (Å²) in [5, 5.41) is 2.98. The maximum Gasteiger partial charge on any atom is 0.240 e. The van der Waals surface area contributed by atoms with Crippen LogP contribution in [0.25, 0.3) is 6.08 Å². The molecule has 0 fully saturated rings. The predicted octanol–water partition coefficient (Wildman–Crippen LogP) is 3.39. The summed E-state index contributed by atoms with van der Waals surface area (Å²) < 4.78 is 10.7. The second-order valence-electron chi connectivity index (χ2n) is 7.14. The maximum absolute atomic E-state index is 12.6. The van der Waals surface area contributed by atoms with Gasteiger partial charge in [0.2, 0.25) is 11.8 Å². The highest BCUT2D eigenvalue weighted by Crippen LogP contribution is 2.32. The van der Waals surface area contributed by atoms with E-state index < -0.39 is 0 Å². The zero-order chi connectivity index (χ0) is 20.5. The van der Waals surface area contributed by atoms with E-state index in [2.05, 4.69) is 19.2 Å². The topological polar surface area (TPSA) is 67.9 Å². The molecule has 0 aliphatic carbocycles. The molecule has 28 heavy (non-hydrogen) atoms. The number of unbranched alkanes of at least 4 members (excludes halogenated alkanes) is 1. The number of carbonyl (C=O) groups is 2. The van der Waals surface area contributed by atoms with Gasteiger partial charge in [0, 0.05) is 12.7 Å². The van der Waals surface area contributed by atoms with Crippen molar-refractivity contribution in [3.8, 4) is 11.5 Å². The minimum absolute atomic E-state index is 0.0296. The van der Waals surface area contributed by atoms with Gasteiger partial charge in [0.1, 0.15) is 6.54 Å². The van der Waals surface area contributed by atoms with Crippen molar-refractivity contribution in [2.45, 2.75) is 46.0 Å². The van der Waals surface area contributed by atoms with Gasteiger partial charge in [0.15, 0.2) is 11.5 Å². The van der Waals surface area contributed by atoms with E-state index in [9.17, 15) is 9.59 Å². The van der Waals surface area contributed by atoms with Gasteiger partial charge in [-0.2, -0.15) is 0 Å². The normalized spacial score (nSPS) is 14.3. The molecule has 0 radical (unpaired) electrons. The molecule has 1 heterocycles. The van der Waals surface area contributed by atoms with Crippen LogP contribution in [0.2, 0.25) is 0 Å². The highest BCUT2D eigenvalue weighted by atomic mass is 16.5. The summed E-state index contributed by atoms with van der Waals surface area (Å²) in [5.41, 5.74) is 1.74. The fourth-order valence-electron chi connectivity index (χ4n) is 3.32. The van der Waals surface area contributed by atoms with E-state index in [0.717, 1.165) is 30.4 Å². The number of hydrogen-bond acceptors (Lipinski definition) is 4. The van der Waals surface area contributed by atoms with Gasteiger partial charge < -0.3 is 19.7 Å². The van der Waals surface area contributed by atoms with Crippen LogP contribution in [0.15, 0.2) is 18.3 Å². The highest BCUT2D eigenvalue weighted by molar-refractivity contribution is 5.89. The molecule has 6 heteroatoms. The van der Waals surface area contributed by atoms with Crippen molar-refractivity contribution in [2.75, 3.05) is 27.3 Å². The summed E-state index contributed by atoms with van der Waals surface area (Å²) in [4.78, 5) is 26.5. The Morgan fingerprint density at radius 2 is 1.93 bits per heavy atom. The van der Waals surface area contributed by atoms with Gasteiger partial charge in [-0.3, -0.25) is 9.59 Å². The van der Waals surface area contributed by atoms with E-state index in [0.29, 0.717) is 24.0 Å². The summed E-state index contributed by atoms with van der Waals surface area (Å²) >= 11 is 0. The molecule has 2 amide bonds. The number of carbonyl (C=O) groups excluding carboxylic acids is 2. The molecule has 0 bridgehead atoms. The maximum atomic E-state index is 12.6. The monoisotopic (exact) mass is 388 g/mol. The Morgan fingerprint density at radius 1 is 1.21 bits per heavy atom. The minimum atomic E-state index is -0.130. The Kier molecular flexibility index (Phi) is 8.36. The Balaban J connectivity index is 2.00. The van der Waals surface area contributed by atoms with Crippen molar-refractivity contribution in [3.05, 3.63) is 29.5 Å². The van der Waals surface area contributed by atoms with Gasteiger partial charge >= 0.3 is 0 Å². The first-order valence-corrected chi connectivity index (χ1v) is 10.0. The number of nitrogens with zero attached hydrogens (tertiary/aromatic N) is 1. The van der Waals surface area contributed by atoms with E-state index in [1.54, 1.807) is 20.4 Å².